The molecule has 4 rings (SSSR count). The molecule has 0 aromatic heterocycles. The number of nitrogens with one attached hydrogen (secondary N) is 2. The molecule has 1 aliphatic heterocycles. The predicted octanol–water partition coefficient (Wildman–Crippen LogP) is 4.17. The predicted molar refractivity (Wildman–Crippen MR) is 94.0 cm³/mol. The van der Waals surface area contributed by atoms with E-state index in [1.807, 2.05) is 18.2 Å². The second-order valence-corrected chi connectivity index (χ2v) is 7.72. The first-order chi connectivity index (χ1) is 11.7. The largest absolute Gasteiger partial charge is 0.487 e. The number of hydrogen-bond donors (Lipinski definition) is 2. The van der Waals surface area contributed by atoms with Gasteiger partial charge in [0.2, 0.25) is 0 Å². The van der Waals surface area contributed by atoms with E-state index in [1.54, 1.807) is 0 Å². The van der Waals surface area contributed by atoms with Crippen molar-refractivity contribution in [1.82, 2.24) is 10.6 Å². The van der Waals surface area contributed by atoms with Crippen LogP contribution < -0.4 is 15.4 Å². The number of rotatable bonds is 4. The topological polar surface area (TPSA) is 50.4 Å². The molecule has 1 aromatic carbocycles. The van der Waals surface area contributed by atoms with Gasteiger partial charge in [0.15, 0.2) is 0 Å². The van der Waals surface area contributed by atoms with Gasteiger partial charge in [-0.2, -0.15) is 0 Å². The number of benzene rings is 1. The first kappa shape index (κ1) is 15.8. The molecular weight excluding hydrogens is 300 g/mol. The lowest BCUT2D eigenvalue weighted by molar-refractivity contribution is -0.0355. The smallest absolute Gasteiger partial charge is 0.315 e. The molecule has 1 spiro atoms. The first-order valence-electron chi connectivity index (χ1n) is 9.51. The van der Waals surface area contributed by atoms with Gasteiger partial charge >= 0.3 is 6.03 Å². The molecule has 0 bridgehead atoms. The number of amides is 2. The van der Waals surface area contributed by atoms with Crippen molar-refractivity contribution in [3.63, 3.8) is 0 Å². The Balaban J connectivity index is 1.44. The van der Waals surface area contributed by atoms with Crippen LogP contribution in [0.25, 0.3) is 0 Å². The minimum atomic E-state index is -0.0518. The summed E-state index contributed by atoms with van der Waals surface area (Å²) >= 11 is 0. The third-order valence-electron chi connectivity index (χ3n) is 6.34. The highest BCUT2D eigenvalue weighted by molar-refractivity contribution is 5.75. The van der Waals surface area contributed by atoms with Gasteiger partial charge < -0.3 is 15.4 Å². The highest BCUT2D eigenvalue weighted by atomic mass is 16.5. The SMILES string of the molecule is CCC1C(CC)C1NC(=O)NC1CC2(CCC2)Oc2ccccc21. The Kier molecular flexibility index (Phi) is 3.93. The van der Waals surface area contributed by atoms with Gasteiger partial charge in [0, 0.05) is 18.0 Å². The zero-order valence-electron chi connectivity index (χ0n) is 14.7. The molecular formula is C20H28N2O2. The molecule has 0 saturated heterocycles. The lowest BCUT2D eigenvalue weighted by Crippen LogP contribution is -2.51. The minimum Gasteiger partial charge on any atom is -0.487 e. The van der Waals surface area contributed by atoms with E-state index >= 15 is 0 Å². The van der Waals surface area contributed by atoms with Crippen molar-refractivity contribution in [2.45, 2.75) is 70.1 Å². The first-order valence-corrected chi connectivity index (χ1v) is 9.51. The third kappa shape index (κ3) is 2.66. The van der Waals surface area contributed by atoms with E-state index in [2.05, 4.69) is 30.5 Å². The van der Waals surface area contributed by atoms with Gasteiger partial charge in [-0.25, -0.2) is 4.79 Å². The van der Waals surface area contributed by atoms with Crippen molar-refractivity contribution < 1.29 is 9.53 Å². The maximum Gasteiger partial charge on any atom is 0.315 e. The Morgan fingerprint density at radius 3 is 2.50 bits per heavy atom. The Labute approximate surface area is 144 Å². The molecule has 2 aliphatic carbocycles. The monoisotopic (exact) mass is 328 g/mol. The number of ether oxygens (including phenoxy) is 1. The van der Waals surface area contributed by atoms with Crippen LogP contribution in [0.15, 0.2) is 24.3 Å². The molecule has 130 valence electrons. The standard InChI is InChI=1S/C20H28N2O2/c1-3-13-14(4-2)18(13)22-19(23)21-16-12-20(10-7-11-20)24-17-9-6-5-8-15(16)17/h5-6,8-9,13-14,16,18H,3-4,7,10-12H2,1-2H3,(H2,21,22,23). The number of carbonyl (C=O) groups is 1. The summed E-state index contributed by atoms with van der Waals surface area (Å²) in [6, 6.07) is 8.52. The van der Waals surface area contributed by atoms with Crippen molar-refractivity contribution in [1.29, 1.82) is 0 Å². The molecule has 3 atom stereocenters. The lowest BCUT2D eigenvalue weighted by Gasteiger charge is -2.48. The molecule has 2 N–H and O–H groups in total. The Bertz CT molecular complexity index is 616. The molecule has 4 heteroatoms. The van der Waals surface area contributed by atoms with E-state index in [4.69, 9.17) is 4.74 Å². The van der Waals surface area contributed by atoms with E-state index < -0.39 is 0 Å². The molecule has 1 heterocycles. The van der Waals surface area contributed by atoms with Gasteiger partial charge in [-0.3, -0.25) is 0 Å². The number of carbonyl (C=O) groups excluding carboxylic acids is 1. The second kappa shape index (κ2) is 5.98. The zero-order chi connectivity index (χ0) is 16.7. The molecule has 4 nitrogen and oxygen atoms in total. The van der Waals surface area contributed by atoms with E-state index in [0.29, 0.717) is 17.9 Å². The molecule has 1 aromatic rings. The molecule has 2 amide bonds. The fourth-order valence-electron chi connectivity index (χ4n) is 4.75. The number of hydrogen-bond acceptors (Lipinski definition) is 2. The van der Waals surface area contributed by atoms with Crippen LogP contribution in [-0.2, 0) is 0 Å². The van der Waals surface area contributed by atoms with E-state index in [1.165, 1.54) is 6.42 Å². The Morgan fingerprint density at radius 1 is 1.17 bits per heavy atom. The Hall–Kier alpha value is -1.71. The van der Waals surface area contributed by atoms with Crippen LogP contribution in [0.2, 0.25) is 0 Å². The van der Waals surface area contributed by atoms with Gasteiger partial charge in [0.1, 0.15) is 11.4 Å². The van der Waals surface area contributed by atoms with Crippen LogP contribution >= 0.6 is 0 Å². The maximum atomic E-state index is 12.5. The summed E-state index contributed by atoms with van der Waals surface area (Å²) in [5, 5.41) is 6.44. The highest BCUT2D eigenvalue weighted by Crippen LogP contribution is 2.49. The normalized spacial score (nSPS) is 32.2. The molecule has 24 heavy (non-hydrogen) atoms. The van der Waals surface area contributed by atoms with Crippen molar-refractivity contribution in [2.24, 2.45) is 11.8 Å². The summed E-state index contributed by atoms with van der Waals surface area (Å²) in [6.07, 6.45) is 6.59. The van der Waals surface area contributed by atoms with Crippen molar-refractivity contribution in [3.8, 4) is 5.75 Å². The molecule has 2 fully saturated rings. The van der Waals surface area contributed by atoms with Crippen LogP contribution in [0.5, 0.6) is 5.75 Å². The zero-order valence-corrected chi connectivity index (χ0v) is 14.7. The average Bonchev–Trinajstić information content (AvgIpc) is 3.24. The lowest BCUT2D eigenvalue weighted by atomic mass is 9.73. The molecule has 3 unspecified atom stereocenters. The summed E-state index contributed by atoms with van der Waals surface area (Å²) in [4.78, 5) is 12.5. The number of fused-ring (bicyclic) bond motifs is 1. The summed E-state index contributed by atoms with van der Waals surface area (Å²) < 4.78 is 6.26. The third-order valence-corrected chi connectivity index (χ3v) is 6.34. The molecule has 0 radical (unpaired) electrons. The van der Waals surface area contributed by atoms with Crippen molar-refractivity contribution in [3.05, 3.63) is 29.8 Å². The van der Waals surface area contributed by atoms with Crippen LogP contribution in [0.1, 0.15) is 64.0 Å². The molecule has 3 aliphatic rings. The molecule has 2 saturated carbocycles. The fraction of sp³-hybridized carbons (Fsp3) is 0.650. The van der Waals surface area contributed by atoms with Gasteiger partial charge in [-0.05, 0) is 37.2 Å². The minimum absolute atomic E-state index is 0.0226. The summed E-state index contributed by atoms with van der Waals surface area (Å²) in [7, 11) is 0. The van der Waals surface area contributed by atoms with Crippen LogP contribution in [0.3, 0.4) is 0 Å². The average molecular weight is 328 g/mol. The number of para-hydroxylation sites is 1. The van der Waals surface area contributed by atoms with Crippen molar-refractivity contribution in [2.75, 3.05) is 0 Å². The van der Waals surface area contributed by atoms with Crippen LogP contribution in [0.4, 0.5) is 4.79 Å². The Morgan fingerprint density at radius 2 is 1.88 bits per heavy atom. The van der Waals surface area contributed by atoms with E-state index in [0.717, 1.165) is 43.4 Å². The van der Waals surface area contributed by atoms with E-state index in [-0.39, 0.29) is 17.7 Å². The van der Waals surface area contributed by atoms with Gasteiger partial charge in [0.25, 0.3) is 0 Å². The summed E-state index contributed by atoms with van der Waals surface area (Å²) in [5.41, 5.74) is 1.06. The fourth-order valence-corrected chi connectivity index (χ4v) is 4.75. The quantitative estimate of drug-likeness (QED) is 0.871. The maximum absolute atomic E-state index is 12.5. The van der Waals surface area contributed by atoms with Crippen LogP contribution in [0, 0.1) is 11.8 Å². The second-order valence-electron chi connectivity index (χ2n) is 7.72. The summed E-state index contributed by atoms with van der Waals surface area (Å²) in [5.74, 6) is 2.25. The van der Waals surface area contributed by atoms with Gasteiger partial charge in [-0.15, -0.1) is 0 Å². The summed E-state index contributed by atoms with van der Waals surface area (Å²) in [6.45, 7) is 4.42. The number of urea groups is 1. The van der Waals surface area contributed by atoms with Gasteiger partial charge in [-0.1, -0.05) is 44.9 Å². The van der Waals surface area contributed by atoms with Crippen LogP contribution in [-0.4, -0.2) is 17.7 Å². The van der Waals surface area contributed by atoms with E-state index in [9.17, 15) is 4.79 Å². The van der Waals surface area contributed by atoms with Crippen molar-refractivity contribution >= 4 is 6.03 Å². The highest BCUT2D eigenvalue weighted by Gasteiger charge is 2.49. The van der Waals surface area contributed by atoms with Gasteiger partial charge in [0.05, 0.1) is 6.04 Å².